The molecule has 26 heavy (non-hydrogen) atoms. The summed E-state index contributed by atoms with van der Waals surface area (Å²) in [6.45, 7) is 0.972. The van der Waals surface area contributed by atoms with Crippen molar-refractivity contribution in [1.82, 2.24) is 4.90 Å². The molecule has 136 valence electrons. The molecule has 0 aliphatic carbocycles. The molecule has 0 spiro atoms. The second-order valence-electron chi connectivity index (χ2n) is 5.76. The summed E-state index contributed by atoms with van der Waals surface area (Å²) >= 11 is 1.63. The quantitative estimate of drug-likeness (QED) is 0.597. The molecule has 0 fully saturated rings. The predicted molar refractivity (Wildman–Crippen MR) is 101 cm³/mol. The molecular weight excluding hydrogens is 350 g/mol. The van der Waals surface area contributed by atoms with Gasteiger partial charge in [0.15, 0.2) is 0 Å². The average Bonchev–Trinajstić information content (AvgIpc) is 3.35. The normalized spacial score (nSPS) is 10.5. The average molecular weight is 371 g/mol. The van der Waals surface area contributed by atoms with Crippen LogP contribution in [0.4, 0.5) is 0 Å². The predicted octanol–water partition coefficient (Wildman–Crippen LogP) is 4.13. The number of carbonyl (C=O) groups is 1. The smallest absolute Gasteiger partial charge is 0.227 e. The first-order valence-corrected chi connectivity index (χ1v) is 9.11. The van der Waals surface area contributed by atoms with Crippen LogP contribution in [0.5, 0.6) is 11.5 Å². The van der Waals surface area contributed by atoms with Crippen LogP contribution in [0.15, 0.2) is 58.5 Å². The zero-order valence-corrected chi connectivity index (χ0v) is 15.6. The molecule has 1 amide bonds. The van der Waals surface area contributed by atoms with E-state index in [1.54, 1.807) is 36.7 Å². The van der Waals surface area contributed by atoms with E-state index >= 15 is 0 Å². The number of furan rings is 1. The van der Waals surface area contributed by atoms with Crippen LogP contribution in [-0.4, -0.2) is 25.0 Å². The van der Waals surface area contributed by atoms with Crippen molar-refractivity contribution in [3.8, 4) is 11.5 Å². The third-order valence-electron chi connectivity index (χ3n) is 4.04. The summed E-state index contributed by atoms with van der Waals surface area (Å²) in [6, 6.07) is 13.2. The van der Waals surface area contributed by atoms with Crippen LogP contribution in [-0.2, 0) is 24.3 Å². The van der Waals surface area contributed by atoms with Gasteiger partial charge in [0.1, 0.15) is 17.3 Å². The number of methoxy groups -OCH3 is 2. The third kappa shape index (κ3) is 4.46. The van der Waals surface area contributed by atoms with Crippen LogP contribution in [0, 0.1) is 0 Å². The lowest BCUT2D eigenvalue weighted by molar-refractivity contribution is -0.132. The minimum absolute atomic E-state index is 0.00125. The van der Waals surface area contributed by atoms with E-state index in [0.29, 0.717) is 24.6 Å². The van der Waals surface area contributed by atoms with Crippen molar-refractivity contribution in [3.05, 3.63) is 70.3 Å². The van der Waals surface area contributed by atoms with E-state index in [2.05, 4.69) is 0 Å². The van der Waals surface area contributed by atoms with E-state index < -0.39 is 0 Å². The molecule has 0 aliphatic rings. The molecule has 2 aromatic heterocycles. The van der Waals surface area contributed by atoms with Crippen molar-refractivity contribution in [2.45, 2.75) is 19.5 Å². The van der Waals surface area contributed by atoms with Crippen LogP contribution in [0.2, 0.25) is 0 Å². The van der Waals surface area contributed by atoms with Gasteiger partial charge in [0, 0.05) is 10.4 Å². The SMILES string of the molecule is COc1ccc(OC)c(CC(=O)N(Cc2ccco2)Cc2cccs2)c1. The van der Waals surface area contributed by atoms with Gasteiger partial charge in [-0.05, 0) is 41.8 Å². The van der Waals surface area contributed by atoms with E-state index in [0.717, 1.165) is 16.2 Å². The third-order valence-corrected chi connectivity index (χ3v) is 4.90. The second-order valence-corrected chi connectivity index (χ2v) is 6.80. The number of benzene rings is 1. The summed E-state index contributed by atoms with van der Waals surface area (Å²) in [6.07, 6.45) is 1.85. The number of ether oxygens (including phenoxy) is 2. The Hall–Kier alpha value is -2.73. The summed E-state index contributed by atoms with van der Waals surface area (Å²) in [5, 5.41) is 2.01. The maximum atomic E-state index is 13.0. The van der Waals surface area contributed by atoms with Gasteiger partial charge in [0.25, 0.3) is 0 Å². The van der Waals surface area contributed by atoms with Gasteiger partial charge in [-0.25, -0.2) is 0 Å². The molecule has 3 rings (SSSR count). The van der Waals surface area contributed by atoms with Gasteiger partial charge in [-0.2, -0.15) is 0 Å². The highest BCUT2D eigenvalue weighted by molar-refractivity contribution is 7.09. The maximum absolute atomic E-state index is 13.0. The standard InChI is InChI=1S/C20H21NO4S/c1-23-16-7-8-19(24-2)15(11-16)12-20(22)21(13-17-5-3-9-25-17)14-18-6-4-10-26-18/h3-11H,12-14H2,1-2H3. The Labute approximate surface area is 156 Å². The summed E-state index contributed by atoms with van der Waals surface area (Å²) in [4.78, 5) is 15.9. The van der Waals surface area contributed by atoms with Crippen LogP contribution in [0.3, 0.4) is 0 Å². The molecule has 0 unspecified atom stereocenters. The van der Waals surface area contributed by atoms with E-state index in [1.807, 2.05) is 47.8 Å². The summed E-state index contributed by atoms with van der Waals surface area (Å²) in [7, 11) is 3.20. The number of thiophene rings is 1. The fourth-order valence-corrected chi connectivity index (χ4v) is 3.43. The van der Waals surface area contributed by atoms with E-state index in [1.165, 1.54) is 0 Å². The molecule has 0 bridgehead atoms. The molecular formula is C20H21NO4S. The van der Waals surface area contributed by atoms with Gasteiger partial charge >= 0.3 is 0 Å². The summed E-state index contributed by atoms with van der Waals surface area (Å²) in [5.74, 6) is 2.13. The Balaban J connectivity index is 1.80. The number of carbonyl (C=O) groups excluding carboxylic acids is 1. The van der Waals surface area contributed by atoms with Gasteiger partial charge in [-0.1, -0.05) is 6.07 Å². The van der Waals surface area contributed by atoms with Crippen LogP contribution >= 0.6 is 11.3 Å². The molecule has 2 heterocycles. The van der Waals surface area contributed by atoms with Gasteiger partial charge in [-0.15, -0.1) is 11.3 Å². The molecule has 6 heteroatoms. The first kappa shape index (κ1) is 18.1. The minimum Gasteiger partial charge on any atom is -0.497 e. The number of amides is 1. The van der Waals surface area contributed by atoms with Crippen LogP contribution in [0.1, 0.15) is 16.2 Å². The van der Waals surface area contributed by atoms with Gasteiger partial charge in [-0.3, -0.25) is 4.79 Å². The largest absolute Gasteiger partial charge is 0.497 e. The number of nitrogens with zero attached hydrogens (tertiary/aromatic N) is 1. The molecule has 0 atom stereocenters. The molecule has 0 aliphatic heterocycles. The monoisotopic (exact) mass is 371 g/mol. The van der Waals surface area contributed by atoms with Crippen molar-refractivity contribution >= 4 is 17.2 Å². The zero-order chi connectivity index (χ0) is 18.4. The van der Waals surface area contributed by atoms with Crippen molar-refractivity contribution in [1.29, 1.82) is 0 Å². The molecule has 0 radical (unpaired) electrons. The first-order valence-electron chi connectivity index (χ1n) is 8.23. The van der Waals surface area contributed by atoms with Crippen LogP contribution < -0.4 is 9.47 Å². The summed E-state index contributed by atoms with van der Waals surface area (Å²) in [5.41, 5.74) is 0.799. The highest BCUT2D eigenvalue weighted by Crippen LogP contribution is 2.25. The lowest BCUT2D eigenvalue weighted by atomic mass is 10.1. The Morgan fingerprint density at radius 3 is 2.65 bits per heavy atom. The van der Waals surface area contributed by atoms with E-state index in [4.69, 9.17) is 13.9 Å². The minimum atomic E-state index is 0.00125. The highest BCUT2D eigenvalue weighted by Gasteiger charge is 2.19. The van der Waals surface area contributed by atoms with Crippen molar-refractivity contribution in [3.63, 3.8) is 0 Å². The first-order chi connectivity index (χ1) is 12.7. The number of hydrogen-bond acceptors (Lipinski definition) is 5. The molecule has 1 aromatic carbocycles. The Bertz CT molecular complexity index is 791. The Morgan fingerprint density at radius 2 is 2.00 bits per heavy atom. The Morgan fingerprint density at radius 1 is 1.12 bits per heavy atom. The van der Waals surface area contributed by atoms with Gasteiger partial charge in [0.05, 0.1) is 40.0 Å². The Kier molecular flexibility index (Phi) is 5.96. The lowest BCUT2D eigenvalue weighted by Gasteiger charge is -2.22. The van der Waals surface area contributed by atoms with E-state index in [-0.39, 0.29) is 12.3 Å². The van der Waals surface area contributed by atoms with Crippen molar-refractivity contribution in [2.75, 3.05) is 14.2 Å². The molecule has 0 saturated carbocycles. The molecule has 5 nitrogen and oxygen atoms in total. The summed E-state index contributed by atoms with van der Waals surface area (Å²) < 4.78 is 16.1. The zero-order valence-electron chi connectivity index (χ0n) is 14.8. The lowest BCUT2D eigenvalue weighted by Crippen LogP contribution is -2.31. The fraction of sp³-hybridized carbons (Fsp3) is 0.250. The topological polar surface area (TPSA) is 51.9 Å². The van der Waals surface area contributed by atoms with Crippen LogP contribution in [0.25, 0.3) is 0 Å². The van der Waals surface area contributed by atoms with Crippen molar-refractivity contribution < 1.29 is 18.7 Å². The molecule has 0 N–H and O–H groups in total. The molecule has 3 aromatic rings. The van der Waals surface area contributed by atoms with E-state index in [9.17, 15) is 4.79 Å². The molecule has 0 saturated heterocycles. The number of rotatable bonds is 8. The van der Waals surface area contributed by atoms with Gasteiger partial charge in [0.2, 0.25) is 5.91 Å². The number of hydrogen-bond donors (Lipinski definition) is 0. The fourth-order valence-electron chi connectivity index (χ4n) is 2.71. The maximum Gasteiger partial charge on any atom is 0.227 e. The van der Waals surface area contributed by atoms with Crippen molar-refractivity contribution in [2.24, 2.45) is 0 Å². The second kappa shape index (κ2) is 8.58. The van der Waals surface area contributed by atoms with Gasteiger partial charge < -0.3 is 18.8 Å². The highest BCUT2D eigenvalue weighted by atomic mass is 32.1.